The summed E-state index contributed by atoms with van der Waals surface area (Å²) in [6.07, 6.45) is 0. The van der Waals surface area contributed by atoms with Crippen molar-refractivity contribution in [3.8, 4) is 56.0 Å². The summed E-state index contributed by atoms with van der Waals surface area (Å²) < 4.78 is 6.62. The maximum Gasteiger partial charge on any atom is 0.227 e. The topological polar surface area (TPSA) is 32.5 Å². The molecule has 0 saturated carbocycles. The van der Waals surface area contributed by atoms with E-state index in [1.807, 2.05) is 0 Å². The number of anilines is 6. The Morgan fingerprint density at radius 3 is 1.05 bits per heavy atom. The molecule has 0 bridgehead atoms. The van der Waals surface area contributed by atoms with Crippen molar-refractivity contribution >= 4 is 45.2 Å². The number of para-hydroxylation sites is 2. The van der Waals surface area contributed by atoms with Gasteiger partial charge >= 0.3 is 0 Å². The summed E-state index contributed by atoms with van der Waals surface area (Å²) in [4.78, 5) is 9.59. The molecule has 11 rings (SSSR count). The summed E-state index contributed by atoms with van der Waals surface area (Å²) in [6, 6.07) is 91.7. The standard InChI is InChI=1S/C61H43N3O/c1-7-19-44(20-8-1)55-38-35-52(41-57(55)46-23-11-3-12-24-46)63(49-27-15-5-16-28-49)51-33-31-48(32-34-51)61-62-59-40-37-54(43-60(59)65-61)64(50-29-17-6-18-30-50)53-36-39-56(45-21-9-2-10-22-45)58(42-53)47-25-13-4-14-26-47/h1-43H. The number of aromatic nitrogens is 1. The fourth-order valence-electron chi connectivity index (χ4n) is 8.77. The monoisotopic (exact) mass is 833 g/mol. The molecule has 0 unspecified atom stereocenters. The molecule has 4 heteroatoms. The largest absolute Gasteiger partial charge is 0.436 e. The van der Waals surface area contributed by atoms with Gasteiger partial charge in [0.2, 0.25) is 5.89 Å². The second-order valence-electron chi connectivity index (χ2n) is 16.0. The average Bonchev–Trinajstić information content (AvgIpc) is 3.82. The molecule has 0 N–H and O–H groups in total. The first-order valence-electron chi connectivity index (χ1n) is 21.9. The zero-order chi connectivity index (χ0) is 43.4. The fraction of sp³-hybridized carbons (Fsp3) is 0. The second kappa shape index (κ2) is 17.6. The first kappa shape index (κ1) is 39.1. The molecule has 0 atom stereocenters. The third-order valence-electron chi connectivity index (χ3n) is 11.9. The van der Waals surface area contributed by atoms with Gasteiger partial charge in [-0.05, 0) is 129 Å². The summed E-state index contributed by atoms with van der Waals surface area (Å²) in [7, 11) is 0. The van der Waals surface area contributed by atoms with Crippen molar-refractivity contribution in [2.45, 2.75) is 0 Å². The molecule has 0 aliphatic rings. The van der Waals surface area contributed by atoms with E-state index in [1.54, 1.807) is 0 Å². The molecule has 0 spiro atoms. The minimum atomic E-state index is 0.568. The minimum absolute atomic E-state index is 0.568. The Hall–Kier alpha value is -8.73. The van der Waals surface area contributed by atoms with E-state index in [2.05, 4.69) is 271 Å². The highest BCUT2D eigenvalue weighted by atomic mass is 16.3. The summed E-state index contributed by atoms with van der Waals surface area (Å²) in [5.41, 5.74) is 18.0. The van der Waals surface area contributed by atoms with Crippen molar-refractivity contribution in [2.75, 3.05) is 9.80 Å². The molecule has 0 amide bonds. The molecule has 4 nitrogen and oxygen atoms in total. The third kappa shape index (κ3) is 7.97. The van der Waals surface area contributed by atoms with E-state index < -0.39 is 0 Å². The summed E-state index contributed by atoms with van der Waals surface area (Å²) >= 11 is 0. The van der Waals surface area contributed by atoms with Crippen LogP contribution in [0.25, 0.3) is 67.1 Å². The van der Waals surface area contributed by atoms with Crippen molar-refractivity contribution in [2.24, 2.45) is 0 Å². The van der Waals surface area contributed by atoms with E-state index in [1.165, 1.54) is 33.4 Å². The van der Waals surface area contributed by atoms with E-state index in [-0.39, 0.29) is 0 Å². The van der Waals surface area contributed by atoms with Gasteiger partial charge in [0.05, 0.1) is 0 Å². The molecule has 0 aliphatic heterocycles. The number of oxazole rings is 1. The molecule has 0 radical (unpaired) electrons. The average molecular weight is 834 g/mol. The van der Waals surface area contributed by atoms with Gasteiger partial charge in [-0.25, -0.2) is 4.98 Å². The molecule has 65 heavy (non-hydrogen) atoms. The predicted molar refractivity (Wildman–Crippen MR) is 271 cm³/mol. The van der Waals surface area contributed by atoms with Gasteiger partial charge in [0.25, 0.3) is 0 Å². The zero-order valence-electron chi connectivity index (χ0n) is 35.6. The SMILES string of the molecule is c1ccc(-c2ccc(N(c3ccccc3)c3ccc(-c4nc5ccc(N(c6ccccc6)c6ccc(-c7ccccc7)c(-c7ccccc7)c6)cc5o4)cc3)cc2-c2ccccc2)cc1. The maximum atomic E-state index is 6.62. The Kier molecular flexibility index (Phi) is 10.6. The third-order valence-corrected chi connectivity index (χ3v) is 11.9. The van der Waals surface area contributed by atoms with Crippen LogP contribution >= 0.6 is 0 Å². The summed E-state index contributed by atoms with van der Waals surface area (Å²) in [5, 5.41) is 0. The van der Waals surface area contributed by atoms with Crippen LogP contribution in [0.5, 0.6) is 0 Å². The molecular formula is C61H43N3O. The summed E-state index contributed by atoms with van der Waals surface area (Å²) in [6.45, 7) is 0. The van der Waals surface area contributed by atoms with E-state index in [4.69, 9.17) is 9.40 Å². The first-order chi connectivity index (χ1) is 32.2. The molecular weight excluding hydrogens is 791 g/mol. The smallest absolute Gasteiger partial charge is 0.227 e. The Balaban J connectivity index is 0.956. The molecule has 11 aromatic rings. The lowest BCUT2D eigenvalue weighted by Crippen LogP contribution is -2.10. The Morgan fingerprint density at radius 1 is 0.262 bits per heavy atom. The van der Waals surface area contributed by atoms with Crippen LogP contribution in [0.4, 0.5) is 34.1 Å². The van der Waals surface area contributed by atoms with Crippen molar-refractivity contribution in [1.29, 1.82) is 0 Å². The van der Waals surface area contributed by atoms with E-state index in [0.29, 0.717) is 11.5 Å². The number of fused-ring (bicyclic) bond motifs is 1. The van der Waals surface area contributed by atoms with Gasteiger partial charge in [-0.3, -0.25) is 0 Å². The van der Waals surface area contributed by atoms with Crippen LogP contribution in [0.3, 0.4) is 0 Å². The van der Waals surface area contributed by atoms with E-state index in [9.17, 15) is 0 Å². The highest BCUT2D eigenvalue weighted by Crippen LogP contribution is 2.43. The molecule has 1 aromatic heterocycles. The Labute approximate surface area is 379 Å². The van der Waals surface area contributed by atoms with Crippen LogP contribution in [0.2, 0.25) is 0 Å². The lowest BCUT2D eigenvalue weighted by molar-refractivity contribution is 0.620. The van der Waals surface area contributed by atoms with Crippen LogP contribution in [-0.2, 0) is 0 Å². The van der Waals surface area contributed by atoms with Gasteiger partial charge in [0.1, 0.15) is 5.52 Å². The van der Waals surface area contributed by atoms with Crippen LogP contribution in [-0.4, -0.2) is 4.98 Å². The highest BCUT2D eigenvalue weighted by Gasteiger charge is 2.20. The number of nitrogens with zero attached hydrogens (tertiary/aromatic N) is 3. The van der Waals surface area contributed by atoms with Gasteiger partial charge in [0.15, 0.2) is 5.58 Å². The predicted octanol–water partition coefficient (Wildman–Crippen LogP) is 17.1. The summed E-state index contributed by atoms with van der Waals surface area (Å²) in [5.74, 6) is 0.568. The lowest BCUT2D eigenvalue weighted by Gasteiger charge is -2.27. The molecule has 308 valence electrons. The second-order valence-corrected chi connectivity index (χ2v) is 16.0. The molecule has 10 aromatic carbocycles. The van der Waals surface area contributed by atoms with Gasteiger partial charge in [-0.2, -0.15) is 0 Å². The van der Waals surface area contributed by atoms with Crippen LogP contribution in [0.15, 0.2) is 265 Å². The van der Waals surface area contributed by atoms with Gasteiger partial charge in [0, 0.05) is 45.8 Å². The quantitative estimate of drug-likeness (QED) is 0.130. The van der Waals surface area contributed by atoms with Crippen molar-refractivity contribution in [1.82, 2.24) is 4.98 Å². The molecule has 1 heterocycles. The van der Waals surface area contributed by atoms with Gasteiger partial charge in [-0.15, -0.1) is 0 Å². The van der Waals surface area contributed by atoms with Gasteiger partial charge < -0.3 is 14.2 Å². The minimum Gasteiger partial charge on any atom is -0.436 e. The van der Waals surface area contributed by atoms with Crippen molar-refractivity contribution in [3.63, 3.8) is 0 Å². The number of hydrogen-bond acceptors (Lipinski definition) is 4. The fourth-order valence-corrected chi connectivity index (χ4v) is 8.77. The number of benzene rings is 10. The highest BCUT2D eigenvalue weighted by molar-refractivity contribution is 5.92. The van der Waals surface area contributed by atoms with E-state index in [0.717, 1.165) is 56.3 Å². The Morgan fingerprint density at radius 2 is 0.600 bits per heavy atom. The number of hydrogen-bond donors (Lipinski definition) is 0. The normalized spacial score (nSPS) is 11.1. The van der Waals surface area contributed by atoms with Crippen LogP contribution < -0.4 is 9.80 Å². The van der Waals surface area contributed by atoms with Crippen molar-refractivity contribution < 1.29 is 4.42 Å². The van der Waals surface area contributed by atoms with Crippen molar-refractivity contribution in [3.05, 3.63) is 261 Å². The van der Waals surface area contributed by atoms with Crippen LogP contribution in [0, 0.1) is 0 Å². The molecule has 0 aliphatic carbocycles. The first-order valence-corrected chi connectivity index (χ1v) is 21.9. The van der Waals surface area contributed by atoms with Crippen LogP contribution in [0.1, 0.15) is 0 Å². The maximum absolute atomic E-state index is 6.62. The van der Waals surface area contributed by atoms with Gasteiger partial charge in [-0.1, -0.05) is 170 Å². The van der Waals surface area contributed by atoms with E-state index >= 15 is 0 Å². The molecule has 0 fully saturated rings. The molecule has 0 saturated heterocycles. The zero-order valence-corrected chi connectivity index (χ0v) is 35.6. The number of rotatable bonds is 11. The Bertz CT molecular complexity index is 3340. The lowest BCUT2D eigenvalue weighted by atomic mass is 9.93.